The van der Waals surface area contributed by atoms with Gasteiger partial charge in [-0.15, -0.1) is 5.10 Å². The molecule has 0 bridgehead atoms. The average molecular weight is 252 g/mol. The van der Waals surface area contributed by atoms with Crippen LogP contribution >= 0.6 is 11.6 Å². The number of carbonyl (C=O) groups is 1. The predicted octanol–water partition coefficient (Wildman–Crippen LogP) is 1.88. The van der Waals surface area contributed by atoms with Crippen LogP contribution in [0.3, 0.4) is 0 Å². The van der Waals surface area contributed by atoms with E-state index in [0.29, 0.717) is 17.0 Å². The highest BCUT2D eigenvalue weighted by Crippen LogP contribution is 2.16. The highest BCUT2D eigenvalue weighted by molar-refractivity contribution is 6.30. The number of hydrogen-bond acceptors (Lipinski definition) is 4. The SMILES string of the molecule is COCc1c(C=O)nnn1-c1ccc(Cl)cc1. The van der Waals surface area contributed by atoms with E-state index in [4.69, 9.17) is 16.3 Å². The van der Waals surface area contributed by atoms with Crippen molar-refractivity contribution in [2.24, 2.45) is 0 Å². The quantitative estimate of drug-likeness (QED) is 0.779. The predicted molar refractivity (Wildman–Crippen MR) is 62.5 cm³/mol. The maximum absolute atomic E-state index is 10.8. The van der Waals surface area contributed by atoms with Gasteiger partial charge in [-0.3, -0.25) is 4.79 Å². The Labute approximate surface area is 103 Å². The molecule has 1 aromatic carbocycles. The molecule has 2 rings (SSSR count). The molecule has 2 aromatic rings. The average Bonchev–Trinajstić information content (AvgIpc) is 2.74. The molecule has 0 spiro atoms. The molecule has 17 heavy (non-hydrogen) atoms. The van der Waals surface area contributed by atoms with Gasteiger partial charge in [0.15, 0.2) is 12.0 Å². The Hall–Kier alpha value is -1.72. The molecule has 5 nitrogen and oxygen atoms in total. The molecule has 1 heterocycles. The molecular weight excluding hydrogens is 242 g/mol. The van der Waals surface area contributed by atoms with E-state index in [2.05, 4.69) is 10.3 Å². The first-order chi connectivity index (χ1) is 8.26. The van der Waals surface area contributed by atoms with E-state index in [1.54, 1.807) is 36.1 Å². The third-order valence-electron chi connectivity index (χ3n) is 2.26. The number of hydrogen-bond donors (Lipinski definition) is 0. The topological polar surface area (TPSA) is 57.0 Å². The Balaban J connectivity index is 2.47. The maximum atomic E-state index is 10.8. The van der Waals surface area contributed by atoms with E-state index in [9.17, 15) is 4.79 Å². The largest absolute Gasteiger partial charge is 0.378 e. The number of ether oxygens (including phenoxy) is 1. The Morgan fingerprint density at radius 3 is 2.71 bits per heavy atom. The van der Waals surface area contributed by atoms with Gasteiger partial charge in [-0.2, -0.15) is 0 Å². The highest BCUT2D eigenvalue weighted by atomic mass is 35.5. The van der Waals surface area contributed by atoms with Crippen LogP contribution in [0.2, 0.25) is 5.02 Å². The lowest BCUT2D eigenvalue weighted by Crippen LogP contribution is -2.04. The van der Waals surface area contributed by atoms with Gasteiger partial charge in [0.2, 0.25) is 0 Å². The van der Waals surface area contributed by atoms with Crippen molar-refractivity contribution in [3.8, 4) is 5.69 Å². The van der Waals surface area contributed by atoms with Crippen LogP contribution in [0.25, 0.3) is 5.69 Å². The molecule has 0 aliphatic rings. The molecule has 0 aliphatic carbocycles. The molecular formula is C11H10ClN3O2. The molecule has 88 valence electrons. The zero-order valence-corrected chi connectivity index (χ0v) is 9.89. The fraction of sp³-hybridized carbons (Fsp3) is 0.182. The number of aromatic nitrogens is 3. The molecule has 0 saturated heterocycles. The second kappa shape index (κ2) is 5.07. The molecule has 0 unspecified atom stereocenters. The van der Waals surface area contributed by atoms with Crippen molar-refractivity contribution in [2.45, 2.75) is 6.61 Å². The van der Waals surface area contributed by atoms with Gasteiger partial charge in [0.1, 0.15) is 5.69 Å². The normalized spacial score (nSPS) is 10.5. The van der Waals surface area contributed by atoms with Crippen LogP contribution in [0.4, 0.5) is 0 Å². The van der Waals surface area contributed by atoms with Crippen molar-refractivity contribution in [1.82, 2.24) is 15.0 Å². The van der Waals surface area contributed by atoms with E-state index in [1.165, 1.54) is 0 Å². The van der Waals surface area contributed by atoms with E-state index in [0.717, 1.165) is 5.69 Å². The summed E-state index contributed by atoms with van der Waals surface area (Å²) in [4.78, 5) is 10.8. The molecule has 1 aromatic heterocycles. The minimum atomic E-state index is 0.268. The zero-order valence-electron chi connectivity index (χ0n) is 9.13. The first kappa shape index (κ1) is 11.8. The van der Waals surface area contributed by atoms with E-state index < -0.39 is 0 Å². The molecule has 0 aliphatic heterocycles. The molecule has 0 atom stereocenters. The summed E-state index contributed by atoms with van der Waals surface area (Å²) in [6.45, 7) is 0.268. The van der Waals surface area contributed by atoms with Gasteiger partial charge >= 0.3 is 0 Å². The van der Waals surface area contributed by atoms with Crippen LogP contribution in [-0.2, 0) is 11.3 Å². The first-order valence-electron chi connectivity index (χ1n) is 4.91. The minimum absolute atomic E-state index is 0.268. The van der Waals surface area contributed by atoms with Crippen molar-refractivity contribution in [3.05, 3.63) is 40.7 Å². The summed E-state index contributed by atoms with van der Waals surface area (Å²) in [5, 5.41) is 8.34. The van der Waals surface area contributed by atoms with Crippen molar-refractivity contribution in [2.75, 3.05) is 7.11 Å². The monoisotopic (exact) mass is 251 g/mol. The molecule has 0 radical (unpaired) electrons. The lowest BCUT2D eigenvalue weighted by Gasteiger charge is -2.05. The molecule has 0 fully saturated rings. The van der Waals surface area contributed by atoms with Gasteiger partial charge in [0.25, 0.3) is 0 Å². The lowest BCUT2D eigenvalue weighted by molar-refractivity contribution is 0.111. The number of benzene rings is 1. The standard InChI is InChI=1S/C11H10ClN3O2/c1-17-7-11-10(6-16)13-14-15(11)9-4-2-8(12)3-5-9/h2-6H,7H2,1H3. The molecule has 6 heteroatoms. The Morgan fingerprint density at radius 2 is 2.12 bits per heavy atom. The summed E-state index contributed by atoms with van der Waals surface area (Å²) < 4.78 is 6.59. The number of methoxy groups -OCH3 is 1. The number of nitrogens with zero attached hydrogens (tertiary/aromatic N) is 3. The number of halogens is 1. The molecule has 0 saturated carbocycles. The van der Waals surface area contributed by atoms with Crippen LogP contribution in [0.5, 0.6) is 0 Å². The third kappa shape index (κ3) is 2.35. The summed E-state index contributed by atoms with van der Waals surface area (Å²) in [5.41, 5.74) is 1.67. The summed E-state index contributed by atoms with van der Waals surface area (Å²) >= 11 is 5.81. The summed E-state index contributed by atoms with van der Waals surface area (Å²) in [7, 11) is 1.55. The van der Waals surface area contributed by atoms with E-state index in [-0.39, 0.29) is 12.3 Å². The zero-order chi connectivity index (χ0) is 12.3. The fourth-order valence-electron chi connectivity index (χ4n) is 1.47. The smallest absolute Gasteiger partial charge is 0.172 e. The van der Waals surface area contributed by atoms with Crippen LogP contribution < -0.4 is 0 Å². The second-order valence-electron chi connectivity index (χ2n) is 3.36. The van der Waals surface area contributed by atoms with Gasteiger partial charge in [0.05, 0.1) is 12.3 Å². The Morgan fingerprint density at radius 1 is 1.41 bits per heavy atom. The molecule has 0 amide bonds. The number of aldehydes is 1. The minimum Gasteiger partial charge on any atom is -0.378 e. The number of rotatable bonds is 4. The van der Waals surface area contributed by atoms with Crippen LogP contribution in [0.15, 0.2) is 24.3 Å². The highest BCUT2D eigenvalue weighted by Gasteiger charge is 2.13. The fourth-order valence-corrected chi connectivity index (χ4v) is 1.59. The van der Waals surface area contributed by atoms with Crippen molar-refractivity contribution in [3.63, 3.8) is 0 Å². The van der Waals surface area contributed by atoms with Crippen LogP contribution in [-0.4, -0.2) is 28.4 Å². The lowest BCUT2D eigenvalue weighted by atomic mass is 10.3. The van der Waals surface area contributed by atoms with E-state index >= 15 is 0 Å². The summed E-state index contributed by atoms with van der Waals surface area (Å²) in [6.07, 6.45) is 0.660. The van der Waals surface area contributed by atoms with E-state index in [1.807, 2.05) is 0 Å². The maximum Gasteiger partial charge on any atom is 0.172 e. The Kier molecular flexibility index (Phi) is 3.51. The third-order valence-corrected chi connectivity index (χ3v) is 2.51. The summed E-state index contributed by atoms with van der Waals surface area (Å²) in [6, 6.07) is 7.08. The van der Waals surface area contributed by atoms with Gasteiger partial charge in [-0.25, -0.2) is 4.68 Å². The van der Waals surface area contributed by atoms with Gasteiger partial charge in [-0.05, 0) is 24.3 Å². The van der Waals surface area contributed by atoms with Gasteiger partial charge < -0.3 is 4.74 Å². The Bertz CT molecular complexity index is 522. The van der Waals surface area contributed by atoms with Gasteiger partial charge in [0, 0.05) is 12.1 Å². The van der Waals surface area contributed by atoms with Crippen molar-refractivity contribution < 1.29 is 9.53 Å². The second-order valence-corrected chi connectivity index (χ2v) is 3.80. The van der Waals surface area contributed by atoms with Crippen LogP contribution in [0, 0.1) is 0 Å². The van der Waals surface area contributed by atoms with Crippen molar-refractivity contribution >= 4 is 17.9 Å². The first-order valence-corrected chi connectivity index (χ1v) is 5.28. The number of carbonyl (C=O) groups excluding carboxylic acids is 1. The summed E-state index contributed by atoms with van der Waals surface area (Å²) in [5.74, 6) is 0. The van der Waals surface area contributed by atoms with Crippen molar-refractivity contribution in [1.29, 1.82) is 0 Å². The molecule has 0 N–H and O–H groups in total. The van der Waals surface area contributed by atoms with Crippen LogP contribution in [0.1, 0.15) is 16.2 Å². The van der Waals surface area contributed by atoms with Gasteiger partial charge in [-0.1, -0.05) is 16.8 Å².